The topological polar surface area (TPSA) is 67.2 Å². The van der Waals surface area contributed by atoms with E-state index >= 15 is 0 Å². The van der Waals surface area contributed by atoms with E-state index in [1.54, 1.807) is 11.6 Å². The Morgan fingerprint density at radius 1 is 1.41 bits per heavy atom. The molecule has 0 saturated carbocycles. The van der Waals surface area contributed by atoms with E-state index in [1.165, 1.54) is 5.56 Å². The van der Waals surface area contributed by atoms with Gasteiger partial charge in [-0.25, -0.2) is 5.43 Å². The van der Waals surface area contributed by atoms with Crippen molar-refractivity contribution in [2.45, 2.75) is 6.92 Å². The second kappa shape index (κ2) is 5.31. The summed E-state index contributed by atoms with van der Waals surface area (Å²) in [6.45, 7) is 2.01. The zero-order chi connectivity index (χ0) is 12.1. The van der Waals surface area contributed by atoms with Crippen molar-refractivity contribution >= 4 is 23.7 Å². The monoisotopic (exact) mass is 246 g/mol. The van der Waals surface area contributed by atoms with Crippen molar-refractivity contribution in [2.75, 3.05) is 0 Å². The van der Waals surface area contributed by atoms with Crippen LogP contribution in [0.3, 0.4) is 0 Å². The highest BCUT2D eigenvalue weighted by atomic mass is 32.1. The number of hydrazone groups is 1. The van der Waals surface area contributed by atoms with Crippen LogP contribution in [0.2, 0.25) is 0 Å². The number of aryl methyl sites for hydroxylation is 1. The quantitative estimate of drug-likeness (QED) is 0.661. The minimum Gasteiger partial charge on any atom is -0.265 e. The molecule has 0 fully saturated rings. The number of hydrogen-bond acceptors (Lipinski definition) is 5. The van der Waals surface area contributed by atoms with Gasteiger partial charge < -0.3 is 0 Å². The molecule has 0 spiro atoms. The highest BCUT2D eigenvalue weighted by Gasteiger charge is 2.06. The molecular weight excluding hydrogens is 236 g/mol. The van der Waals surface area contributed by atoms with Gasteiger partial charge in [-0.2, -0.15) is 5.10 Å². The summed E-state index contributed by atoms with van der Waals surface area (Å²) in [6.07, 6.45) is 1.58. The zero-order valence-corrected chi connectivity index (χ0v) is 9.94. The van der Waals surface area contributed by atoms with Gasteiger partial charge >= 0.3 is 0 Å². The molecule has 1 heterocycles. The first-order valence-corrected chi connectivity index (χ1v) is 5.76. The number of benzene rings is 1. The number of nitrogens with one attached hydrogen (secondary N) is 1. The van der Waals surface area contributed by atoms with Crippen molar-refractivity contribution in [3.05, 3.63) is 46.5 Å². The molecule has 5 nitrogen and oxygen atoms in total. The molecule has 6 heteroatoms. The predicted molar refractivity (Wildman–Crippen MR) is 66.1 cm³/mol. The summed E-state index contributed by atoms with van der Waals surface area (Å²) in [4.78, 5) is 11.4. The fraction of sp³-hybridized carbons (Fsp3) is 0.0909. The molecule has 2 rings (SSSR count). The number of carbonyl (C=O) groups is 1. The number of aromatic nitrogens is 2. The van der Waals surface area contributed by atoms with Gasteiger partial charge in [0.1, 0.15) is 0 Å². The summed E-state index contributed by atoms with van der Waals surface area (Å²) in [5.74, 6) is -0.359. The van der Waals surface area contributed by atoms with Crippen LogP contribution in [0.5, 0.6) is 0 Å². The lowest BCUT2D eigenvalue weighted by atomic mass is 10.2. The largest absolute Gasteiger partial charge is 0.292 e. The number of hydrogen-bond donors (Lipinski definition) is 1. The van der Waals surface area contributed by atoms with E-state index < -0.39 is 0 Å². The van der Waals surface area contributed by atoms with Crippen molar-refractivity contribution < 1.29 is 4.79 Å². The number of amides is 1. The molecule has 86 valence electrons. The summed E-state index contributed by atoms with van der Waals surface area (Å²) in [5.41, 5.74) is 4.76. The maximum absolute atomic E-state index is 11.4. The lowest BCUT2D eigenvalue weighted by Crippen LogP contribution is -2.17. The summed E-state index contributed by atoms with van der Waals surface area (Å²) in [5, 5.41) is 9.04. The zero-order valence-electron chi connectivity index (χ0n) is 9.12. The highest BCUT2D eigenvalue weighted by molar-refractivity contribution is 7.03. The average molecular weight is 246 g/mol. The molecule has 1 aromatic carbocycles. The molecule has 0 bridgehead atoms. The Morgan fingerprint density at radius 2 is 2.18 bits per heavy atom. The third kappa shape index (κ3) is 3.18. The Balaban J connectivity index is 1.94. The number of carbonyl (C=O) groups excluding carboxylic acids is 1. The maximum atomic E-state index is 11.4. The van der Waals surface area contributed by atoms with Crippen LogP contribution < -0.4 is 5.43 Å². The van der Waals surface area contributed by atoms with E-state index in [-0.39, 0.29) is 11.6 Å². The Hall–Kier alpha value is -2.08. The van der Waals surface area contributed by atoms with E-state index in [2.05, 4.69) is 20.1 Å². The van der Waals surface area contributed by atoms with Gasteiger partial charge in [-0.1, -0.05) is 34.3 Å². The lowest BCUT2D eigenvalue weighted by Gasteiger charge is -1.95. The first-order chi connectivity index (χ1) is 8.25. The molecule has 1 aromatic heterocycles. The average Bonchev–Trinajstić information content (AvgIpc) is 2.85. The molecule has 17 heavy (non-hydrogen) atoms. The molecule has 0 aliphatic rings. The van der Waals surface area contributed by atoms with E-state index in [0.29, 0.717) is 0 Å². The van der Waals surface area contributed by atoms with Gasteiger partial charge in [-0.3, -0.25) is 4.79 Å². The highest BCUT2D eigenvalue weighted by Crippen LogP contribution is 2.00. The predicted octanol–water partition coefficient (Wildman–Crippen LogP) is 1.61. The van der Waals surface area contributed by atoms with Crippen LogP contribution in [0.25, 0.3) is 0 Å². The summed E-state index contributed by atoms with van der Waals surface area (Å²) < 4.78 is 3.60. The number of rotatable bonds is 3. The van der Waals surface area contributed by atoms with Crippen LogP contribution in [-0.4, -0.2) is 21.7 Å². The number of nitrogens with zero attached hydrogens (tertiary/aromatic N) is 3. The molecular formula is C11H10N4OS. The first kappa shape index (κ1) is 11.4. The van der Waals surface area contributed by atoms with Gasteiger partial charge in [0.15, 0.2) is 5.69 Å². The third-order valence-corrected chi connectivity index (χ3v) is 2.55. The van der Waals surface area contributed by atoms with Crippen LogP contribution in [0, 0.1) is 6.92 Å². The Bertz CT molecular complexity index is 519. The molecule has 0 saturated heterocycles. The van der Waals surface area contributed by atoms with Gasteiger partial charge in [0.05, 0.1) is 6.21 Å². The van der Waals surface area contributed by atoms with Crippen molar-refractivity contribution in [1.29, 1.82) is 0 Å². The fourth-order valence-corrected chi connectivity index (χ4v) is 1.58. The van der Waals surface area contributed by atoms with Crippen molar-refractivity contribution in [3.63, 3.8) is 0 Å². The van der Waals surface area contributed by atoms with Crippen molar-refractivity contribution in [3.8, 4) is 0 Å². The minimum atomic E-state index is -0.359. The molecule has 1 N–H and O–H groups in total. The van der Waals surface area contributed by atoms with Crippen LogP contribution in [0.15, 0.2) is 34.7 Å². The molecule has 0 unspecified atom stereocenters. The van der Waals surface area contributed by atoms with E-state index in [9.17, 15) is 4.79 Å². The van der Waals surface area contributed by atoms with E-state index in [4.69, 9.17) is 0 Å². The van der Waals surface area contributed by atoms with Gasteiger partial charge in [-0.15, -0.1) is 5.10 Å². The lowest BCUT2D eigenvalue weighted by molar-refractivity contribution is 0.0950. The van der Waals surface area contributed by atoms with Crippen LogP contribution >= 0.6 is 11.5 Å². The molecule has 0 aliphatic heterocycles. The van der Waals surface area contributed by atoms with Gasteiger partial charge in [0.25, 0.3) is 5.91 Å². The summed E-state index contributed by atoms with van der Waals surface area (Å²) in [7, 11) is 0. The third-order valence-electron chi connectivity index (χ3n) is 2.05. The molecule has 2 aromatic rings. The maximum Gasteiger partial charge on any atom is 0.292 e. The SMILES string of the molecule is Cc1ccc(/C=N\NC(=O)c2csnn2)cc1. The smallest absolute Gasteiger partial charge is 0.265 e. The second-order valence-corrected chi connectivity index (χ2v) is 4.01. The standard InChI is InChI=1S/C11H10N4OS/c1-8-2-4-9(5-3-8)6-12-14-11(16)10-7-17-15-13-10/h2-7H,1H3,(H,14,16)/b12-6-. The van der Waals surface area contributed by atoms with E-state index in [1.807, 2.05) is 31.2 Å². The van der Waals surface area contributed by atoms with Gasteiger partial charge in [-0.05, 0) is 24.0 Å². The fourth-order valence-electron chi connectivity index (χ4n) is 1.14. The van der Waals surface area contributed by atoms with Gasteiger partial charge in [0, 0.05) is 5.38 Å². The summed E-state index contributed by atoms with van der Waals surface area (Å²) >= 11 is 1.13. The van der Waals surface area contributed by atoms with E-state index in [0.717, 1.165) is 17.1 Å². The molecule has 1 amide bonds. The Morgan fingerprint density at radius 3 is 2.82 bits per heavy atom. The van der Waals surface area contributed by atoms with Crippen LogP contribution in [0.4, 0.5) is 0 Å². The molecule has 0 aliphatic carbocycles. The minimum absolute atomic E-state index is 0.274. The van der Waals surface area contributed by atoms with Gasteiger partial charge in [0.2, 0.25) is 0 Å². The van der Waals surface area contributed by atoms with Crippen molar-refractivity contribution in [2.24, 2.45) is 5.10 Å². The van der Waals surface area contributed by atoms with Crippen LogP contribution in [0.1, 0.15) is 21.6 Å². The molecule has 0 atom stereocenters. The normalized spacial score (nSPS) is 10.6. The second-order valence-electron chi connectivity index (χ2n) is 3.40. The molecule has 0 radical (unpaired) electrons. The van der Waals surface area contributed by atoms with Crippen LogP contribution in [-0.2, 0) is 0 Å². The Kier molecular flexibility index (Phi) is 3.56. The summed E-state index contributed by atoms with van der Waals surface area (Å²) in [6, 6.07) is 7.81. The van der Waals surface area contributed by atoms with Crippen molar-refractivity contribution in [1.82, 2.24) is 15.0 Å². The Labute approximate surface area is 102 Å². The first-order valence-electron chi connectivity index (χ1n) is 4.93.